The van der Waals surface area contributed by atoms with Gasteiger partial charge in [-0.1, -0.05) is 12.1 Å². The lowest BCUT2D eigenvalue weighted by Gasteiger charge is -2.11. The molecule has 0 aliphatic carbocycles. The van der Waals surface area contributed by atoms with E-state index in [1.807, 2.05) is 24.3 Å². The molecule has 0 aromatic heterocycles. The number of nitrogens with one attached hydrogen (secondary N) is 2. The smallest absolute Gasteiger partial charge is 0.305 e. The summed E-state index contributed by atoms with van der Waals surface area (Å²) in [6.45, 7) is 0.907. The summed E-state index contributed by atoms with van der Waals surface area (Å²) in [6.07, 6.45) is 2.95. The number of ether oxygens (including phenoxy) is 1. The number of amides is 1. The number of benzene rings is 1. The van der Waals surface area contributed by atoms with Crippen molar-refractivity contribution in [2.24, 2.45) is 0 Å². The fraction of sp³-hybridized carbons (Fsp3) is 0.467. The predicted octanol–water partition coefficient (Wildman–Crippen LogP) is 1.48. The number of carbonyl (C=O) groups is 2. The van der Waals surface area contributed by atoms with E-state index in [1.54, 1.807) is 0 Å². The molecule has 1 amide bonds. The topological polar surface area (TPSA) is 67.4 Å². The Bertz CT molecular complexity index is 465. The summed E-state index contributed by atoms with van der Waals surface area (Å²) < 4.78 is 4.60. The largest absolute Gasteiger partial charge is 0.469 e. The van der Waals surface area contributed by atoms with Gasteiger partial charge in [-0.3, -0.25) is 9.59 Å². The van der Waals surface area contributed by atoms with E-state index in [0.29, 0.717) is 12.8 Å². The van der Waals surface area contributed by atoms with Crippen molar-refractivity contribution in [2.75, 3.05) is 19.0 Å². The number of esters is 1. The molecule has 1 aromatic rings. The summed E-state index contributed by atoms with van der Waals surface area (Å²) in [4.78, 5) is 23.0. The molecule has 0 spiro atoms. The van der Waals surface area contributed by atoms with Crippen LogP contribution in [0.5, 0.6) is 0 Å². The molecule has 5 nitrogen and oxygen atoms in total. The maximum Gasteiger partial charge on any atom is 0.305 e. The Morgan fingerprint density at radius 1 is 1.35 bits per heavy atom. The highest BCUT2D eigenvalue weighted by Gasteiger charge is 2.21. The Hall–Kier alpha value is -1.88. The summed E-state index contributed by atoms with van der Waals surface area (Å²) in [5, 5.41) is 6.06. The minimum atomic E-state index is -0.213. The maximum absolute atomic E-state index is 11.9. The van der Waals surface area contributed by atoms with Crippen molar-refractivity contribution in [3.63, 3.8) is 0 Å². The molecule has 1 unspecified atom stereocenters. The first-order valence-corrected chi connectivity index (χ1v) is 6.89. The van der Waals surface area contributed by atoms with Gasteiger partial charge in [0.1, 0.15) is 0 Å². The van der Waals surface area contributed by atoms with Crippen LogP contribution >= 0.6 is 0 Å². The van der Waals surface area contributed by atoms with Crippen molar-refractivity contribution in [1.82, 2.24) is 5.32 Å². The zero-order chi connectivity index (χ0) is 14.4. The van der Waals surface area contributed by atoms with Crippen LogP contribution in [-0.2, 0) is 20.7 Å². The van der Waals surface area contributed by atoms with Gasteiger partial charge in [-0.2, -0.15) is 0 Å². The third kappa shape index (κ3) is 4.06. The highest BCUT2D eigenvalue weighted by Crippen LogP contribution is 2.13. The van der Waals surface area contributed by atoms with Gasteiger partial charge in [0, 0.05) is 12.1 Å². The van der Waals surface area contributed by atoms with Gasteiger partial charge in [0.05, 0.1) is 13.2 Å². The molecular weight excluding hydrogens is 256 g/mol. The highest BCUT2D eigenvalue weighted by atomic mass is 16.5. The fourth-order valence-corrected chi connectivity index (χ4v) is 2.24. The Labute approximate surface area is 118 Å². The Morgan fingerprint density at radius 2 is 2.10 bits per heavy atom. The lowest BCUT2D eigenvalue weighted by molar-refractivity contribution is -0.140. The van der Waals surface area contributed by atoms with Gasteiger partial charge >= 0.3 is 5.97 Å². The molecule has 1 fully saturated rings. The van der Waals surface area contributed by atoms with Crippen molar-refractivity contribution >= 4 is 17.6 Å². The predicted molar refractivity (Wildman–Crippen MR) is 76.4 cm³/mol. The SMILES string of the molecule is COC(=O)CCc1ccc(NC(=O)C2CCCN2)cc1. The molecular formula is C15H20N2O3. The summed E-state index contributed by atoms with van der Waals surface area (Å²) in [5.41, 5.74) is 1.83. The maximum atomic E-state index is 11.9. The molecule has 1 atom stereocenters. The molecule has 1 aliphatic rings. The Kier molecular flexibility index (Phi) is 5.12. The Morgan fingerprint density at radius 3 is 2.70 bits per heavy atom. The van der Waals surface area contributed by atoms with Crippen LogP contribution in [0.1, 0.15) is 24.8 Å². The molecule has 1 aliphatic heterocycles. The van der Waals surface area contributed by atoms with Crippen molar-refractivity contribution in [3.8, 4) is 0 Å². The number of anilines is 1. The van der Waals surface area contributed by atoms with E-state index < -0.39 is 0 Å². The highest BCUT2D eigenvalue weighted by molar-refractivity contribution is 5.95. The van der Waals surface area contributed by atoms with Crippen molar-refractivity contribution < 1.29 is 14.3 Å². The summed E-state index contributed by atoms with van der Waals surface area (Å²) >= 11 is 0. The second-order valence-corrected chi connectivity index (χ2v) is 4.91. The third-order valence-electron chi connectivity index (χ3n) is 3.44. The van der Waals surface area contributed by atoms with Gasteiger partial charge in [-0.25, -0.2) is 0 Å². The first-order valence-electron chi connectivity index (χ1n) is 6.89. The molecule has 0 bridgehead atoms. The minimum Gasteiger partial charge on any atom is -0.469 e. The van der Waals surface area contributed by atoms with Gasteiger partial charge in [0.25, 0.3) is 0 Å². The van der Waals surface area contributed by atoms with E-state index >= 15 is 0 Å². The van der Waals surface area contributed by atoms with E-state index in [4.69, 9.17) is 0 Å². The number of rotatable bonds is 5. The normalized spacial score (nSPS) is 17.8. The molecule has 5 heteroatoms. The van der Waals surface area contributed by atoms with Crippen LogP contribution in [0.25, 0.3) is 0 Å². The van der Waals surface area contributed by atoms with Gasteiger partial charge in [0.15, 0.2) is 0 Å². The lowest BCUT2D eigenvalue weighted by atomic mass is 10.1. The van der Waals surface area contributed by atoms with Crippen LogP contribution in [0.15, 0.2) is 24.3 Å². The monoisotopic (exact) mass is 276 g/mol. The molecule has 1 saturated heterocycles. The Balaban J connectivity index is 1.84. The summed E-state index contributed by atoms with van der Waals surface area (Å²) in [7, 11) is 1.39. The van der Waals surface area contributed by atoms with E-state index in [9.17, 15) is 9.59 Å². The molecule has 0 radical (unpaired) electrons. The second kappa shape index (κ2) is 7.05. The number of carbonyl (C=O) groups excluding carboxylic acids is 2. The van der Waals surface area contributed by atoms with E-state index in [-0.39, 0.29) is 17.9 Å². The van der Waals surface area contributed by atoms with Crippen LogP contribution in [0.2, 0.25) is 0 Å². The van der Waals surface area contributed by atoms with Gasteiger partial charge in [-0.05, 0) is 43.5 Å². The standard InChI is InChI=1S/C15H20N2O3/c1-20-14(18)9-6-11-4-7-12(8-5-11)17-15(19)13-3-2-10-16-13/h4-5,7-8,13,16H,2-3,6,9-10H2,1H3,(H,17,19). The number of aryl methyl sites for hydroxylation is 1. The quantitative estimate of drug-likeness (QED) is 0.799. The first kappa shape index (κ1) is 14.5. The minimum absolute atomic E-state index is 0.0183. The summed E-state index contributed by atoms with van der Waals surface area (Å²) in [6, 6.07) is 7.48. The van der Waals surface area contributed by atoms with E-state index in [1.165, 1.54) is 7.11 Å². The van der Waals surface area contributed by atoms with Crippen molar-refractivity contribution in [3.05, 3.63) is 29.8 Å². The summed E-state index contributed by atoms with van der Waals surface area (Å²) in [5.74, 6) is -0.195. The van der Waals surface area contributed by atoms with Crippen LogP contribution in [0, 0.1) is 0 Å². The lowest BCUT2D eigenvalue weighted by Crippen LogP contribution is -2.35. The zero-order valence-corrected chi connectivity index (χ0v) is 11.6. The van der Waals surface area contributed by atoms with Crippen molar-refractivity contribution in [2.45, 2.75) is 31.7 Å². The number of hydrogen-bond acceptors (Lipinski definition) is 4. The van der Waals surface area contributed by atoms with Crippen LogP contribution < -0.4 is 10.6 Å². The molecule has 2 rings (SSSR count). The average molecular weight is 276 g/mol. The van der Waals surface area contributed by atoms with Gasteiger partial charge in [-0.15, -0.1) is 0 Å². The second-order valence-electron chi connectivity index (χ2n) is 4.91. The zero-order valence-electron chi connectivity index (χ0n) is 11.6. The third-order valence-corrected chi connectivity index (χ3v) is 3.44. The van der Waals surface area contributed by atoms with Crippen LogP contribution in [0.3, 0.4) is 0 Å². The molecule has 1 aromatic carbocycles. The average Bonchev–Trinajstić information content (AvgIpc) is 3.00. The molecule has 0 saturated carbocycles. The first-order chi connectivity index (χ1) is 9.69. The molecule has 20 heavy (non-hydrogen) atoms. The van der Waals surface area contributed by atoms with Crippen LogP contribution in [-0.4, -0.2) is 31.6 Å². The molecule has 2 N–H and O–H groups in total. The molecule has 1 heterocycles. The van der Waals surface area contributed by atoms with E-state index in [0.717, 1.165) is 30.6 Å². The van der Waals surface area contributed by atoms with E-state index in [2.05, 4.69) is 15.4 Å². The van der Waals surface area contributed by atoms with Crippen molar-refractivity contribution in [1.29, 1.82) is 0 Å². The van der Waals surface area contributed by atoms with Gasteiger partial charge < -0.3 is 15.4 Å². The molecule has 108 valence electrons. The number of methoxy groups -OCH3 is 1. The number of hydrogen-bond donors (Lipinski definition) is 2. The van der Waals surface area contributed by atoms with Crippen LogP contribution in [0.4, 0.5) is 5.69 Å². The fourth-order valence-electron chi connectivity index (χ4n) is 2.24. The van der Waals surface area contributed by atoms with Gasteiger partial charge in [0.2, 0.25) is 5.91 Å².